The SMILES string of the molecule is CCCNCc1ncc(-c2ccc(C)c(Br)c2)o1. The number of aromatic nitrogens is 1. The summed E-state index contributed by atoms with van der Waals surface area (Å²) in [6.45, 7) is 5.86. The van der Waals surface area contributed by atoms with Crippen molar-refractivity contribution in [3.05, 3.63) is 40.3 Å². The molecule has 4 heteroatoms. The standard InChI is InChI=1S/C14H17BrN2O/c1-3-6-16-9-14-17-8-13(18-14)11-5-4-10(2)12(15)7-11/h4-5,7-8,16H,3,6,9H2,1-2H3. The van der Waals surface area contributed by atoms with E-state index in [4.69, 9.17) is 4.42 Å². The Bertz CT molecular complexity index is 522. The Morgan fingerprint density at radius 2 is 2.22 bits per heavy atom. The van der Waals surface area contributed by atoms with Gasteiger partial charge in [0.15, 0.2) is 5.76 Å². The van der Waals surface area contributed by atoms with E-state index in [0.29, 0.717) is 6.54 Å². The van der Waals surface area contributed by atoms with Gasteiger partial charge in [0, 0.05) is 10.0 Å². The topological polar surface area (TPSA) is 38.1 Å². The average molecular weight is 309 g/mol. The molecule has 0 aliphatic carbocycles. The lowest BCUT2D eigenvalue weighted by atomic mass is 10.1. The van der Waals surface area contributed by atoms with Gasteiger partial charge < -0.3 is 9.73 Å². The number of aryl methyl sites for hydroxylation is 1. The minimum atomic E-state index is 0.681. The van der Waals surface area contributed by atoms with Crippen molar-refractivity contribution in [2.45, 2.75) is 26.8 Å². The Balaban J connectivity index is 2.11. The first-order chi connectivity index (χ1) is 8.70. The van der Waals surface area contributed by atoms with Crippen LogP contribution in [-0.2, 0) is 6.54 Å². The summed E-state index contributed by atoms with van der Waals surface area (Å²) in [6, 6.07) is 6.17. The zero-order valence-corrected chi connectivity index (χ0v) is 12.3. The maximum Gasteiger partial charge on any atom is 0.208 e. The summed E-state index contributed by atoms with van der Waals surface area (Å²) in [6.07, 6.45) is 2.89. The summed E-state index contributed by atoms with van der Waals surface area (Å²) in [5.41, 5.74) is 2.25. The molecule has 0 amide bonds. The molecule has 0 fully saturated rings. The lowest BCUT2D eigenvalue weighted by Crippen LogP contribution is -2.13. The molecule has 0 unspecified atom stereocenters. The molecule has 0 saturated heterocycles. The molecular weight excluding hydrogens is 292 g/mol. The maximum atomic E-state index is 5.72. The molecule has 0 aliphatic heterocycles. The van der Waals surface area contributed by atoms with Crippen LogP contribution >= 0.6 is 15.9 Å². The van der Waals surface area contributed by atoms with Crippen molar-refractivity contribution in [1.29, 1.82) is 0 Å². The van der Waals surface area contributed by atoms with E-state index in [1.165, 1.54) is 5.56 Å². The fraction of sp³-hybridized carbons (Fsp3) is 0.357. The van der Waals surface area contributed by atoms with Crippen LogP contribution in [0.4, 0.5) is 0 Å². The number of rotatable bonds is 5. The van der Waals surface area contributed by atoms with E-state index in [2.05, 4.69) is 52.2 Å². The predicted octanol–water partition coefficient (Wildman–Crippen LogP) is 3.91. The lowest BCUT2D eigenvalue weighted by Gasteiger charge is -2.01. The van der Waals surface area contributed by atoms with Gasteiger partial charge in [0.05, 0.1) is 12.7 Å². The predicted molar refractivity (Wildman–Crippen MR) is 76.4 cm³/mol. The smallest absolute Gasteiger partial charge is 0.208 e. The zero-order chi connectivity index (χ0) is 13.0. The molecule has 2 rings (SSSR count). The summed E-state index contributed by atoms with van der Waals surface area (Å²) in [5, 5.41) is 3.27. The molecule has 1 aromatic heterocycles. The van der Waals surface area contributed by atoms with E-state index in [0.717, 1.165) is 34.7 Å². The van der Waals surface area contributed by atoms with E-state index in [1.807, 2.05) is 6.07 Å². The monoisotopic (exact) mass is 308 g/mol. The summed E-state index contributed by atoms with van der Waals surface area (Å²) in [5.74, 6) is 1.54. The largest absolute Gasteiger partial charge is 0.439 e. The van der Waals surface area contributed by atoms with Gasteiger partial charge in [-0.2, -0.15) is 0 Å². The van der Waals surface area contributed by atoms with Crippen LogP contribution in [0.25, 0.3) is 11.3 Å². The average Bonchev–Trinajstić information content (AvgIpc) is 2.82. The van der Waals surface area contributed by atoms with Gasteiger partial charge in [0.1, 0.15) is 0 Å². The molecule has 1 N–H and O–H groups in total. The van der Waals surface area contributed by atoms with Crippen LogP contribution in [-0.4, -0.2) is 11.5 Å². The molecule has 0 bridgehead atoms. The van der Waals surface area contributed by atoms with Crippen molar-refractivity contribution >= 4 is 15.9 Å². The van der Waals surface area contributed by atoms with Crippen molar-refractivity contribution in [2.24, 2.45) is 0 Å². The van der Waals surface area contributed by atoms with Crippen LogP contribution in [0, 0.1) is 6.92 Å². The highest BCUT2D eigenvalue weighted by atomic mass is 79.9. The van der Waals surface area contributed by atoms with E-state index in [9.17, 15) is 0 Å². The number of hydrogen-bond acceptors (Lipinski definition) is 3. The number of hydrogen-bond donors (Lipinski definition) is 1. The summed E-state index contributed by atoms with van der Waals surface area (Å²) in [4.78, 5) is 4.27. The molecule has 1 heterocycles. The Morgan fingerprint density at radius 1 is 1.39 bits per heavy atom. The van der Waals surface area contributed by atoms with E-state index < -0.39 is 0 Å². The minimum absolute atomic E-state index is 0.681. The number of nitrogens with zero attached hydrogens (tertiary/aromatic N) is 1. The first kappa shape index (κ1) is 13.3. The van der Waals surface area contributed by atoms with Gasteiger partial charge in [-0.3, -0.25) is 0 Å². The van der Waals surface area contributed by atoms with Crippen molar-refractivity contribution in [2.75, 3.05) is 6.54 Å². The van der Waals surface area contributed by atoms with Crippen LogP contribution in [0.1, 0.15) is 24.8 Å². The number of oxazole rings is 1. The van der Waals surface area contributed by atoms with E-state index >= 15 is 0 Å². The number of nitrogens with one attached hydrogen (secondary N) is 1. The Morgan fingerprint density at radius 3 is 2.94 bits per heavy atom. The third-order valence-corrected chi connectivity index (χ3v) is 3.57. The van der Waals surface area contributed by atoms with Crippen LogP contribution < -0.4 is 5.32 Å². The number of halogens is 1. The van der Waals surface area contributed by atoms with Crippen molar-refractivity contribution < 1.29 is 4.42 Å². The Kier molecular flexibility index (Phi) is 4.55. The van der Waals surface area contributed by atoms with Gasteiger partial charge in [-0.05, 0) is 31.5 Å². The zero-order valence-electron chi connectivity index (χ0n) is 10.7. The minimum Gasteiger partial charge on any atom is -0.439 e. The third-order valence-electron chi connectivity index (χ3n) is 2.71. The molecular formula is C14H17BrN2O. The van der Waals surface area contributed by atoms with Crippen molar-refractivity contribution in [3.63, 3.8) is 0 Å². The highest BCUT2D eigenvalue weighted by molar-refractivity contribution is 9.10. The molecule has 0 atom stereocenters. The van der Waals surface area contributed by atoms with Crippen LogP contribution in [0.2, 0.25) is 0 Å². The fourth-order valence-corrected chi connectivity index (χ4v) is 2.02. The third kappa shape index (κ3) is 3.21. The molecule has 3 nitrogen and oxygen atoms in total. The van der Waals surface area contributed by atoms with Gasteiger partial charge >= 0.3 is 0 Å². The maximum absolute atomic E-state index is 5.72. The Hall–Kier alpha value is -1.13. The van der Waals surface area contributed by atoms with E-state index in [1.54, 1.807) is 6.20 Å². The van der Waals surface area contributed by atoms with Crippen molar-refractivity contribution in [1.82, 2.24) is 10.3 Å². The molecule has 0 aliphatic rings. The van der Waals surface area contributed by atoms with Crippen LogP contribution in [0.3, 0.4) is 0 Å². The second-order valence-corrected chi connectivity index (χ2v) is 5.11. The summed E-state index contributed by atoms with van der Waals surface area (Å²) >= 11 is 3.53. The first-order valence-electron chi connectivity index (χ1n) is 6.12. The van der Waals surface area contributed by atoms with Crippen LogP contribution in [0.15, 0.2) is 33.3 Å². The molecule has 0 saturated carbocycles. The lowest BCUT2D eigenvalue weighted by molar-refractivity contribution is 0.478. The van der Waals surface area contributed by atoms with Gasteiger partial charge in [-0.15, -0.1) is 0 Å². The quantitative estimate of drug-likeness (QED) is 0.851. The van der Waals surface area contributed by atoms with Crippen molar-refractivity contribution in [3.8, 4) is 11.3 Å². The molecule has 0 spiro atoms. The molecule has 2 aromatic rings. The van der Waals surface area contributed by atoms with Crippen LogP contribution in [0.5, 0.6) is 0 Å². The fourth-order valence-electron chi connectivity index (χ4n) is 1.64. The number of benzene rings is 1. The normalized spacial score (nSPS) is 10.8. The molecule has 1 aromatic carbocycles. The Labute approximate surface area is 116 Å². The summed E-state index contributed by atoms with van der Waals surface area (Å²) in [7, 11) is 0. The van der Waals surface area contributed by atoms with Gasteiger partial charge in [0.2, 0.25) is 5.89 Å². The van der Waals surface area contributed by atoms with Gasteiger partial charge in [-0.1, -0.05) is 35.0 Å². The highest BCUT2D eigenvalue weighted by Crippen LogP contribution is 2.26. The molecule has 0 radical (unpaired) electrons. The first-order valence-corrected chi connectivity index (χ1v) is 6.92. The highest BCUT2D eigenvalue weighted by Gasteiger charge is 2.07. The molecule has 96 valence electrons. The second-order valence-electron chi connectivity index (χ2n) is 4.26. The van der Waals surface area contributed by atoms with Gasteiger partial charge in [0.25, 0.3) is 0 Å². The second kappa shape index (κ2) is 6.16. The summed E-state index contributed by atoms with van der Waals surface area (Å²) < 4.78 is 6.80. The van der Waals surface area contributed by atoms with E-state index in [-0.39, 0.29) is 0 Å². The molecule has 18 heavy (non-hydrogen) atoms. The van der Waals surface area contributed by atoms with Gasteiger partial charge in [-0.25, -0.2) is 4.98 Å².